The van der Waals surface area contributed by atoms with Gasteiger partial charge in [0.2, 0.25) is 0 Å². The van der Waals surface area contributed by atoms with Gasteiger partial charge < -0.3 is 19.1 Å². The van der Waals surface area contributed by atoms with Crippen molar-refractivity contribution < 1.29 is 37.1 Å². The quantitative estimate of drug-likeness (QED) is 0.727. The number of carbonyl (C=O) groups excluding carboxylic acids is 2. The van der Waals surface area contributed by atoms with Crippen LogP contribution >= 0.6 is 0 Å². The fourth-order valence-corrected chi connectivity index (χ4v) is 4.22. The number of hydrogen-bond acceptors (Lipinski definition) is 4. The molecule has 2 aromatic carbocycles. The Kier molecular flexibility index (Phi) is 7.08. The molecule has 1 atom stereocenters. The van der Waals surface area contributed by atoms with Crippen LogP contribution in [0.4, 0.5) is 23.7 Å². The number of hydrogen-bond donors (Lipinski definition) is 1. The predicted molar refractivity (Wildman–Crippen MR) is 110 cm³/mol. The summed E-state index contributed by atoms with van der Waals surface area (Å²) in [5, 5.41) is 11.7. The Balaban J connectivity index is 0.000000360. The van der Waals surface area contributed by atoms with Gasteiger partial charge >= 0.3 is 12.3 Å². The van der Waals surface area contributed by atoms with E-state index >= 15 is 0 Å². The van der Waals surface area contributed by atoms with E-state index < -0.39 is 12.1 Å². The number of amides is 1. The largest absolute Gasteiger partial charge is 0.542 e. The Bertz CT molecular complexity index is 942. The van der Waals surface area contributed by atoms with E-state index in [-0.39, 0.29) is 12.2 Å². The van der Waals surface area contributed by atoms with Crippen LogP contribution in [0, 0.1) is 5.92 Å². The smallest absolute Gasteiger partial charge is 0.430 e. The van der Waals surface area contributed by atoms with Crippen LogP contribution in [0.25, 0.3) is 11.1 Å². The van der Waals surface area contributed by atoms with Crippen LogP contribution in [-0.2, 0) is 9.53 Å². The first kappa shape index (κ1) is 23.6. The van der Waals surface area contributed by atoms with E-state index in [0.29, 0.717) is 5.92 Å². The van der Waals surface area contributed by atoms with Gasteiger partial charge in [0.1, 0.15) is 12.5 Å². The third kappa shape index (κ3) is 6.00. The number of anilines is 1. The minimum absolute atomic E-state index is 0.0383. The van der Waals surface area contributed by atoms with Crippen LogP contribution < -0.4 is 10.4 Å². The lowest BCUT2D eigenvalue weighted by Gasteiger charge is -2.49. The number of carboxylic acid groups (broad SMARTS) is 1. The molecule has 172 valence electrons. The molecule has 3 heterocycles. The van der Waals surface area contributed by atoms with Crippen molar-refractivity contribution in [3.63, 3.8) is 0 Å². The molecule has 32 heavy (non-hydrogen) atoms. The predicted octanol–water partition coefficient (Wildman–Crippen LogP) is 3.44. The van der Waals surface area contributed by atoms with Crippen molar-refractivity contribution in [2.45, 2.75) is 25.1 Å². The summed E-state index contributed by atoms with van der Waals surface area (Å²) in [5.74, 6) is -2.48. The number of benzene rings is 2. The zero-order chi connectivity index (χ0) is 23.4. The molecule has 0 saturated carbocycles. The number of aliphatic carboxylic acids is 1. The molecule has 2 bridgehead atoms. The SMILES string of the molecule is C[N+]12CCC(CC1)[C@@H](OC(=O)Nc1ccccc1-c1ccccc1)C2.O=C([O-])C(F)(F)F. The second-order valence-electron chi connectivity index (χ2n) is 8.35. The zero-order valence-electron chi connectivity index (χ0n) is 17.6. The number of carboxylic acids is 1. The molecule has 9 heteroatoms. The van der Waals surface area contributed by atoms with Crippen LogP contribution in [0.1, 0.15) is 12.8 Å². The fraction of sp³-hybridized carbons (Fsp3) is 0.391. The number of likely N-dealkylation sites (N-methyl/N-ethyl adjacent to an activating group) is 1. The van der Waals surface area contributed by atoms with Gasteiger partial charge in [0, 0.05) is 24.3 Å². The highest BCUT2D eigenvalue weighted by molar-refractivity contribution is 5.91. The number of alkyl halides is 3. The molecule has 6 nitrogen and oxygen atoms in total. The number of para-hydroxylation sites is 1. The molecule has 3 aliphatic heterocycles. The molecule has 5 rings (SSSR count). The van der Waals surface area contributed by atoms with Crippen LogP contribution in [0.3, 0.4) is 0 Å². The van der Waals surface area contributed by atoms with Gasteiger partial charge in [-0.25, -0.2) is 4.79 Å². The minimum Gasteiger partial charge on any atom is -0.542 e. The Morgan fingerprint density at radius 3 is 2.16 bits per heavy atom. The van der Waals surface area contributed by atoms with Crippen LogP contribution in [-0.4, -0.2) is 55.5 Å². The summed E-state index contributed by atoms with van der Waals surface area (Å²) in [6, 6.07) is 17.9. The molecular weight excluding hydrogens is 425 g/mol. The van der Waals surface area contributed by atoms with Crippen LogP contribution in [0.2, 0.25) is 0 Å². The van der Waals surface area contributed by atoms with Gasteiger partial charge in [-0.2, -0.15) is 13.2 Å². The summed E-state index contributed by atoms with van der Waals surface area (Å²) in [6.07, 6.45) is -3.17. The number of ether oxygens (including phenoxy) is 1. The summed E-state index contributed by atoms with van der Waals surface area (Å²) < 4.78 is 38.4. The highest BCUT2D eigenvalue weighted by Gasteiger charge is 2.45. The number of nitrogens with one attached hydrogen (secondary N) is 1. The maximum absolute atomic E-state index is 12.5. The first-order valence-electron chi connectivity index (χ1n) is 10.3. The van der Waals surface area contributed by atoms with E-state index in [0.717, 1.165) is 40.7 Å². The third-order valence-corrected chi connectivity index (χ3v) is 5.96. The molecule has 0 spiro atoms. The molecule has 3 fully saturated rings. The van der Waals surface area contributed by atoms with Crippen molar-refractivity contribution in [1.29, 1.82) is 0 Å². The number of rotatable bonds is 3. The Hall–Kier alpha value is -3.07. The number of quaternary nitrogens is 1. The molecule has 1 N–H and O–H groups in total. The Morgan fingerprint density at radius 1 is 1.03 bits per heavy atom. The Morgan fingerprint density at radius 2 is 1.59 bits per heavy atom. The maximum Gasteiger partial charge on any atom is 0.430 e. The zero-order valence-corrected chi connectivity index (χ0v) is 17.6. The second kappa shape index (κ2) is 9.60. The third-order valence-electron chi connectivity index (χ3n) is 5.96. The lowest BCUT2D eigenvalue weighted by Crippen LogP contribution is -2.62. The number of piperidine rings is 3. The molecule has 0 aliphatic carbocycles. The summed E-state index contributed by atoms with van der Waals surface area (Å²) in [7, 11) is 2.27. The van der Waals surface area contributed by atoms with Crippen LogP contribution in [0.15, 0.2) is 54.6 Å². The molecule has 0 unspecified atom stereocenters. The lowest BCUT2D eigenvalue weighted by molar-refractivity contribution is -0.928. The summed E-state index contributed by atoms with van der Waals surface area (Å²) >= 11 is 0. The number of fused-ring (bicyclic) bond motifs is 3. The van der Waals surface area contributed by atoms with Crippen molar-refractivity contribution >= 4 is 17.7 Å². The topological polar surface area (TPSA) is 78.5 Å². The van der Waals surface area contributed by atoms with Gasteiger partial charge in [-0.3, -0.25) is 5.32 Å². The van der Waals surface area contributed by atoms with E-state index in [9.17, 15) is 18.0 Å². The van der Waals surface area contributed by atoms with Crippen molar-refractivity contribution in [2.24, 2.45) is 5.92 Å². The number of carbonyl (C=O) groups is 2. The van der Waals surface area contributed by atoms with Gasteiger partial charge in [-0.1, -0.05) is 48.5 Å². The molecule has 0 radical (unpaired) electrons. The standard InChI is InChI=1S/C21H24N2O2.C2HF3O2/c1-23-13-11-17(12-14-23)20(15-23)25-21(24)22-19-10-6-5-9-18(19)16-7-3-2-4-8-16;3-2(4,5)1(6)7/h2-10,17,20H,11-15H2,1H3;(H,6,7)/t17?,20-,23?;/m0./s1. The Labute approximate surface area is 184 Å². The van der Waals surface area contributed by atoms with Crippen molar-refractivity contribution in [3.05, 3.63) is 54.6 Å². The van der Waals surface area contributed by atoms with Crippen LogP contribution in [0.5, 0.6) is 0 Å². The number of halogens is 3. The van der Waals surface area contributed by atoms with Gasteiger partial charge in [0.05, 0.1) is 25.8 Å². The number of nitrogens with zero attached hydrogens (tertiary/aromatic N) is 1. The lowest BCUT2D eigenvalue weighted by atomic mass is 9.84. The van der Waals surface area contributed by atoms with E-state index in [1.54, 1.807) is 0 Å². The van der Waals surface area contributed by atoms with Gasteiger partial charge in [-0.05, 0) is 11.6 Å². The van der Waals surface area contributed by atoms with E-state index in [4.69, 9.17) is 14.6 Å². The second-order valence-corrected chi connectivity index (χ2v) is 8.35. The first-order valence-corrected chi connectivity index (χ1v) is 10.3. The van der Waals surface area contributed by atoms with Crippen molar-refractivity contribution in [3.8, 4) is 11.1 Å². The highest BCUT2D eigenvalue weighted by atomic mass is 19.4. The molecule has 1 amide bonds. The molecule has 3 saturated heterocycles. The average molecular weight is 450 g/mol. The van der Waals surface area contributed by atoms with Gasteiger partial charge in [0.25, 0.3) is 0 Å². The van der Waals surface area contributed by atoms with E-state index in [1.807, 2.05) is 54.6 Å². The maximum atomic E-state index is 12.5. The van der Waals surface area contributed by atoms with Crippen molar-refractivity contribution in [1.82, 2.24) is 0 Å². The molecule has 2 aromatic rings. The average Bonchev–Trinajstić information content (AvgIpc) is 2.74. The molecule has 0 aromatic heterocycles. The summed E-state index contributed by atoms with van der Waals surface area (Å²) in [4.78, 5) is 21.3. The van der Waals surface area contributed by atoms with Gasteiger partial charge in [-0.15, -0.1) is 0 Å². The minimum atomic E-state index is -5.19. The summed E-state index contributed by atoms with van der Waals surface area (Å²) in [5.41, 5.74) is 2.88. The molecule has 3 aliphatic rings. The highest BCUT2D eigenvalue weighted by Crippen LogP contribution is 2.34. The van der Waals surface area contributed by atoms with Crippen molar-refractivity contribution in [2.75, 3.05) is 32.0 Å². The summed E-state index contributed by atoms with van der Waals surface area (Å²) in [6.45, 7) is 3.37. The normalized spacial score (nSPS) is 24.1. The van der Waals surface area contributed by atoms with E-state index in [1.165, 1.54) is 13.1 Å². The monoisotopic (exact) mass is 450 g/mol. The fourth-order valence-electron chi connectivity index (χ4n) is 4.22. The van der Waals surface area contributed by atoms with E-state index in [2.05, 4.69) is 12.4 Å². The molecular formula is C23H25F3N2O4. The first-order chi connectivity index (χ1) is 15.1. The van der Waals surface area contributed by atoms with Gasteiger partial charge in [0.15, 0.2) is 6.10 Å².